The van der Waals surface area contributed by atoms with Crippen LogP contribution in [0.15, 0.2) is 47.3 Å². The summed E-state index contributed by atoms with van der Waals surface area (Å²) in [5.41, 5.74) is 3.60. The fraction of sp³-hybridized carbons (Fsp3) is 0.304. The number of ether oxygens (including phenoxy) is 2. The lowest BCUT2D eigenvalue weighted by molar-refractivity contribution is 0.174. The van der Waals surface area contributed by atoms with Crippen LogP contribution in [0.3, 0.4) is 0 Å². The molecule has 2 aromatic carbocycles. The molecule has 7 heteroatoms. The molecule has 1 aliphatic heterocycles. The lowest BCUT2D eigenvalue weighted by Crippen LogP contribution is -2.40. The molecule has 30 heavy (non-hydrogen) atoms. The van der Waals surface area contributed by atoms with Crippen LogP contribution in [-0.2, 0) is 13.1 Å². The summed E-state index contributed by atoms with van der Waals surface area (Å²) in [4.78, 5) is 17.7. The lowest BCUT2D eigenvalue weighted by Gasteiger charge is -2.26. The Morgan fingerprint density at radius 1 is 1.13 bits per heavy atom. The summed E-state index contributed by atoms with van der Waals surface area (Å²) < 4.78 is 10.9. The van der Waals surface area contributed by atoms with Crippen molar-refractivity contribution in [3.63, 3.8) is 0 Å². The first kappa shape index (κ1) is 20.2. The van der Waals surface area contributed by atoms with Gasteiger partial charge in [-0.1, -0.05) is 24.6 Å². The second kappa shape index (κ2) is 8.75. The summed E-state index contributed by atoms with van der Waals surface area (Å²) in [6, 6.07) is 13.8. The Hall–Kier alpha value is -3.06. The Labute approximate surface area is 180 Å². The third kappa shape index (κ3) is 4.41. The van der Waals surface area contributed by atoms with Gasteiger partial charge in [-0.25, -0.2) is 0 Å². The second-order valence-electron chi connectivity index (χ2n) is 7.49. The highest BCUT2D eigenvalue weighted by molar-refractivity contribution is 7.80. The number of H-pyrrole nitrogens is 1. The molecule has 0 aliphatic carbocycles. The van der Waals surface area contributed by atoms with Gasteiger partial charge in [0.05, 0.1) is 6.54 Å². The van der Waals surface area contributed by atoms with Gasteiger partial charge in [-0.3, -0.25) is 4.79 Å². The number of aryl methyl sites for hydroxylation is 1. The van der Waals surface area contributed by atoms with Gasteiger partial charge >= 0.3 is 0 Å². The van der Waals surface area contributed by atoms with Crippen LogP contribution >= 0.6 is 12.2 Å². The Balaban J connectivity index is 1.62. The number of hydrogen-bond donors (Lipinski definition) is 2. The molecule has 0 saturated carbocycles. The van der Waals surface area contributed by atoms with Gasteiger partial charge in [0.1, 0.15) is 0 Å². The van der Waals surface area contributed by atoms with Gasteiger partial charge in [0.25, 0.3) is 5.56 Å². The molecule has 0 bridgehead atoms. The lowest BCUT2D eigenvalue weighted by atomic mass is 10.1. The maximum atomic E-state index is 12.7. The third-order valence-corrected chi connectivity index (χ3v) is 5.46. The topological polar surface area (TPSA) is 66.6 Å². The maximum Gasteiger partial charge on any atom is 0.253 e. The molecule has 2 heterocycles. The minimum atomic E-state index is -0.0969. The van der Waals surface area contributed by atoms with Crippen LogP contribution in [0.4, 0.5) is 0 Å². The number of rotatable bonds is 6. The summed E-state index contributed by atoms with van der Waals surface area (Å²) in [5, 5.41) is 4.92. The van der Waals surface area contributed by atoms with Gasteiger partial charge in [0, 0.05) is 24.2 Å². The molecule has 0 radical (unpaired) electrons. The van der Waals surface area contributed by atoms with E-state index in [2.05, 4.69) is 23.3 Å². The number of aromatic nitrogens is 1. The van der Waals surface area contributed by atoms with Gasteiger partial charge in [-0.05, 0) is 66.8 Å². The van der Waals surface area contributed by atoms with Crippen molar-refractivity contribution in [3.05, 3.63) is 69.5 Å². The number of hydrogen-bond acceptors (Lipinski definition) is 4. The molecule has 0 amide bonds. The SMILES string of the molecule is CCCNC(=S)N(Cc1ccc2c(c1)OCO2)Cc1cc2cc(C)ccc2[nH]c1=O. The highest BCUT2D eigenvalue weighted by atomic mass is 32.1. The first-order valence-corrected chi connectivity index (χ1v) is 10.5. The van der Waals surface area contributed by atoms with Crippen LogP contribution in [0.25, 0.3) is 10.9 Å². The standard InChI is InChI=1S/C23H25N3O3S/c1-3-8-24-23(30)26(12-16-5-7-20-21(10-16)29-14-28-20)13-18-11-17-9-15(2)4-6-19(17)25-22(18)27/h4-7,9-11H,3,8,12-14H2,1-2H3,(H,24,30)(H,25,27). The van der Waals surface area contributed by atoms with Crippen molar-refractivity contribution in [1.29, 1.82) is 0 Å². The Bertz CT molecular complexity index is 1140. The van der Waals surface area contributed by atoms with E-state index in [1.807, 2.05) is 48.2 Å². The monoisotopic (exact) mass is 423 g/mol. The van der Waals surface area contributed by atoms with Crippen molar-refractivity contribution < 1.29 is 9.47 Å². The minimum Gasteiger partial charge on any atom is -0.454 e. The first-order valence-electron chi connectivity index (χ1n) is 10.1. The summed E-state index contributed by atoms with van der Waals surface area (Å²) in [5.74, 6) is 1.48. The molecule has 4 rings (SSSR count). The molecule has 1 aromatic heterocycles. The fourth-order valence-corrected chi connectivity index (χ4v) is 3.73. The molecule has 1 aliphatic rings. The average Bonchev–Trinajstić information content (AvgIpc) is 3.20. The second-order valence-corrected chi connectivity index (χ2v) is 7.88. The van der Waals surface area contributed by atoms with E-state index in [0.29, 0.717) is 23.8 Å². The summed E-state index contributed by atoms with van der Waals surface area (Å²) >= 11 is 5.65. The van der Waals surface area contributed by atoms with Gasteiger partial charge in [0.15, 0.2) is 16.6 Å². The predicted octanol–water partition coefficient (Wildman–Crippen LogP) is 3.85. The highest BCUT2D eigenvalue weighted by Crippen LogP contribution is 2.33. The van der Waals surface area contributed by atoms with Crippen molar-refractivity contribution >= 4 is 28.2 Å². The van der Waals surface area contributed by atoms with E-state index in [4.69, 9.17) is 21.7 Å². The van der Waals surface area contributed by atoms with Gasteiger partial charge in [-0.2, -0.15) is 0 Å². The Kier molecular flexibility index (Phi) is 5.90. The van der Waals surface area contributed by atoms with E-state index in [0.717, 1.165) is 46.5 Å². The van der Waals surface area contributed by atoms with Crippen LogP contribution in [-0.4, -0.2) is 28.3 Å². The van der Waals surface area contributed by atoms with E-state index in [1.165, 1.54) is 0 Å². The minimum absolute atomic E-state index is 0.0969. The zero-order valence-corrected chi connectivity index (χ0v) is 18.0. The van der Waals surface area contributed by atoms with Crippen molar-refractivity contribution in [2.75, 3.05) is 13.3 Å². The van der Waals surface area contributed by atoms with E-state index < -0.39 is 0 Å². The van der Waals surface area contributed by atoms with Crippen molar-refractivity contribution in [2.24, 2.45) is 0 Å². The Morgan fingerprint density at radius 2 is 1.97 bits per heavy atom. The smallest absolute Gasteiger partial charge is 0.253 e. The van der Waals surface area contributed by atoms with Crippen LogP contribution in [0.2, 0.25) is 0 Å². The Morgan fingerprint density at radius 3 is 2.80 bits per heavy atom. The fourth-order valence-electron chi connectivity index (χ4n) is 3.50. The first-order chi connectivity index (χ1) is 14.5. The van der Waals surface area contributed by atoms with E-state index in [1.54, 1.807) is 0 Å². The highest BCUT2D eigenvalue weighted by Gasteiger charge is 2.17. The molecular formula is C23H25N3O3S. The number of nitrogens with one attached hydrogen (secondary N) is 2. The van der Waals surface area contributed by atoms with E-state index in [9.17, 15) is 4.79 Å². The number of thiocarbonyl (C=S) groups is 1. The number of benzene rings is 2. The molecular weight excluding hydrogens is 398 g/mol. The predicted molar refractivity (Wildman–Crippen MR) is 122 cm³/mol. The number of fused-ring (bicyclic) bond motifs is 2. The molecule has 0 saturated heterocycles. The van der Waals surface area contributed by atoms with Crippen molar-refractivity contribution in [3.8, 4) is 11.5 Å². The molecule has 2 N–H and O–H groups in total. The molecule has 0 spiro atoms. The van der Waals surface area contributed by atoms with Gasteiger partial charge in [-0.15, -0.1) is 0 Å². The number of nitrogens with zero attached hydrogens (tertiary/aromatic N) is 1. The van der Waals surface area contributed by atoms with E-state index >= 15 is 0 Å². The normalized spacial score (nSPS) is 12.2. The molecule has 0 fully saturated rings. The van der Waals surface area contributed by atoms with Crippen LogP contribution in [0, 0.1) is 6.92 Å². The number of aromatic amines is 1. The van der Waals surface area contributed by atoms with Crippen LogP contribution in [0.1, 0.15) is 30.0 Å². The van der Waals surface area contributed by atoms with Gasteiger partial charge < -0.3 is 24.7 Å². The summed E-state index contributed by atoms with van der Waals surface area (Å²) in [6.45, 7) is 6.11. The zero-order chi connectivity index (χ0) is 21.1. The molecule has 3 aromatic rings. The van der Waals surface area contributed by atoms with Crippen LogP contribution in [0.5, 0.6) is 11.5 Å². The molecule has 6 nitrogen and oxygen atoms in total. The average molecular weight is 424 g/mol. The quantitative estimate of drug-likeness (QED) is 0.587. The van der Waals surface area contributed by atoms with Crippen molar-refractivity contribution in [2.45, 2.75) is 33.4 Å². The summed E-state index contributed by atoms with van der Waals surface area (Å²) in [7, 11) is 0. The largest absolute Gasteiger partial charge is 0.454 e. The van der Waals surface area contributed by atoms with Crippen LogP contribution < -0.4 is 20.3 Å². The van der Waals surface area contributed by atoms with Gasteiger partial charge in [0.2, 0.25) is 6.79 Å². The van der Waals surface area contributed by atoms with Crippen molar-refractivity contribution in [1.82, 2.24) is 15.2 Å². The molecule has 0 atom stereocenters. The third-order valence-electron chi connectivity index (χ3n) is 5.06. The maximum absolute atomic E-state index is 12.7. The summed E-state index contributed by atoms with van der Waals surface area (Å²) in [6.07, 6.45) is 0.966. The number of pyridine rings is 1. The molecule has 156 valence electrons. The molecule has 0 unspecified atom stereocenters. The zero-order valence-electron chi connectivity index (χ0n) is 17.2. The van der Waals surface area contributed by atoms with E-state index in [-0.39, 0.29) is 12.4 Å².